The fourth-order valence-electron chi connectivity index (χ4n) is 10.4. The van der Waals surface area contributed by atoms with E-state index >= 15 is 0 Å². The minimum atomic E-state index is -0.278. The molecule has 4 nitrogen and oxygen atoms in total. The summed E-state index contributed by atoms with van der Waals surface area (Å²) in [7, 11) is 0. The first kappa shape index (κ1) is 23.8. The molecule has 6 rings (SSSR count). The third kappa shape index (κ3) is 3.55. The van der Waals surface area contributed by atoms with Crippen molar-refractivity contribution in [3.63, 3.8) is 0 Å². The predicted octanol–water partition coefficient (Wildman–Crippen LogP) is 6.76. The highest BCUT2D eigenvalue weighted by Crippen LogP contribution is 2.70. The van der Waals surface area contributed by atoms with Gasteiger partial charge >= 0.3 is 5.97 Å². The van der Waals surface area contributed by atoms with E-state index in [4.69, 9.17) is 14.2 Å². The molecule has 0 radical (unpaired) electrons. The molecule has 0 N–H and O–H groups in total. The van der Waals surface area contributed by atoms with Crippen LogP contribution in [0.2, 0.25) is 0 Å². The van der Waals surface area contributed by atoms with Gasteiger partial charge in [-0.05, 0) is 91.8 Å². The Kier molecular flexibility index (Phi) is 5.92. The molecule has 0 aromatic rings. The molecule has 4 heteroatoms. The molecule has 1 spiro atoms. The van der Waals surface area contributed by atoms with Crippen LogP contribution in [0.15, 0.2) is 0 Å². The molecule has 4 saturated carbocycles. The molecule has 4 aliphatic carbocycles. The third-order valence-electron chi connectivity index (χ3n) is 12.1. The number of esters is 1. The molecule has 0 aromatic carbocycles. The summed E-state index contributed by atoms with van der Waals surface area (Å²) in [6.45, 7) is 11.5. The van der Waals surface area contributed by atoms with Crippen molar-refractivity contribution in [1.82, 2.24) is 0 Å². The van der Waals surface area contributed by atoms with Gasteiger partial charge in [0.05, 0.1) is 19.1 Å². The van der Waals surface area contributed by atoms with E-state index in [-0.39, 0.29) is 29.2 Å². The largest absolute Gasteiger partial charge is 0.462 e. The Morgan fingerprint density at radius 3 is 2.53 bits per heavy atom. The molecule has 2 saturated heterocycles. The van der Waals surface area contributed by atoms with Crippen molar-refractivity contribution in [2.75, 3.05) is 13.2 Å². The van der Waals surface area contributed by atoms with Gasteiger partial charge in [0.1, 0.15) is 6.10 Å². The normalized spacial score (nSPS) is 49.3. The number of hydrogen-bond acceptors (Lipinski definition) is 4. The van der Waals surface area contributed by atoms with Gasteiger partial charge in [-0.15, -0.1) is 0 Å². The monoisotopic (exact) mass is 472 g/mol. The number of carbonyl (C=O) groups excluding carboxylic acids is 1. The molecule has 0 bridgehead atoms. The summed E-state index contributed by atoms with van der Waals surface area (Å²) in [4.78, 5) is 12.9. The van der Waals surface area contributed by atoms with Crippen molar-refractivity contribution >= 4 is 5.97 Å². The van der Waals surface area contributed by atoms with Crippen LogP contribution in [0, 0.1) is 52.3 Å². The minimum Gasteiger partial charge on any atom is -0.462 e. The van der Waals surface area contributed by atoms with E-state index in [0.717, 1.165) is 69.0 Å². The molecule has 34 heavy (non-hydrogen) atoms. The van der Waals surface area contributed by atoms with Crippen LogP contribution in [-0.4, -0.2) is 31.1 Å². The maximum absolute atomic E-state index is 12.9. The average molecular weight is 473 g/mol. The van der Waals surface area contributed by atoms with Crippen molar-refractivity contribution in [3.05, 3.63) is 0 Å². The lowest BCUT2D eigenvalue weighted by Gasteiger charge is -2.62. The predicted molar refractivity (Wildman–Crippen MR) is 132 cm³/mol. The Labute approximate surface area is 207 Å². The van der Waals surface area contributed by atoms with Gasteiger partial charge in [0, 0.05) is 18.8 Å². The van der Waals surface area contributed by atoms with Crippen molar-refractivity contribution in [2.24, 2.45) is 52.3 Å². The summed E-state index contributed by atoms with van der Waals surface area (Å²) >= 11 is 0. The van der Waals surface area contributed by atoms with Gasteiger partial charge in [-0.2, -0.15) is 0 Å². The second-order valence-corrected chi connectivity index (χ2v) is 14.0. The first-order valence-corrected chi connectivity index (χ1v) is 14.7. The highest BCUT2D eigenvalue weighted by atomic mass is 16.7. The Hall–Kier alpha value is -0.610. The maximum atomic E-state index is 12.9. The summed E-state index contributed by atoms with van der Waals surface area (Å²) in [5.41, 5.74) is 0.708. The van der Waals surface area contributed by atoms with E-state index < -0.39 is 0 Å². The standard InChI is InChI=1S/C30H48O4/c1-19(2)7-5-8-22-26-25(34-27(22)31)17-24-21-10-9-20-18-30(32-15-6-16-33-30)14-13-28(20,3)23(21)11-12-29(24,26)4/h19-26H,5-18H2,1-4H3/t20-,21+,22+,23-,24-,25-,26-,28-,29-/m0/s1. The second kappa shape index (κ2) is 8.47. The van der Waals surface area contributed by atoms with Crippen molar-refractivity contribution in [2.45, 2.75) is 117 Å². The van der Waals surface area contributed by atoms with Crippen molar-refractivity contribution < 1.29 is 19.0 Å². The van der Waals surface area contributed by atoms with Crippen LogP contribution in [0.25, 0.3) is 0 Å². The molecule has 6 aliphatic rings. The van der Waals surface area contributed by atoms with E-state index in [1.807, 2.05) is 0 Å². The first-order chi connectivity index (χ1) is 16.3. The Morgan fingerprint density at radius 1 is 0.971 bits per heavy atom. The molecule has 0 aromatic heterocycles. The first-order valence-electron chi connectivity index (χ1n) is 14.7. The topological polar surface area (TPSA) is 44.8 Å². The number of hydrogen-bond donors (Lipinski definition) is 0. The van der Waals surface area contributed by atoms with Crippen LogP contribution in [0.3, 0.4) is 0 Å². The zero-order valence-corrected chi connectivity index (χ0v) is 22.2. The zero-order valence-electron chi connectivity index (χ0n) is 22.2. The Bertz CT molecular complexity index is 787. The van der Waals surface area contributed by atoms with Crippen LogP contribution in [0.1, 0.15) is 105 Å². The van der Waals surface area contributed by atoms with E-state index in [2.05, 4.69) is 27.7 Å². The fraction of sp³-hybridized carbons (Fsp3) is 0.967. The van der Waals surface area contributed by atoms with Gasteiger partial charge in [-0.25, -0.2) is 0 Å². The summed E-state index contributed by atoms with van der Waals surface area (Å²) in [6.07, 6.45) is 14.5. The summed E-state index contributed by atoms with van der Waals surface area (Å²) < 4.78 is 18.7. The van der Waals surface area contributed by atoms with Crippen molar-refractivity contribution in [3.8, 4) is 0 Å². The van der Waals surface area contributed by atoms with E-state index in [9.17, 15) is 4.79 Å². The molecule has 0 unspecified atom stereocenters. The summed E-state index contributed by atoms with van der Waals surface area (Å²) in [6, 6.07) is 0. The molecular formula is C30H48O4. The second-order valence-electron chi connectivity index (χ2n) is 14.0. The highest BCUT2D eigenvalue weighted by molar-refractivity contribution is 5.75. The van der Waals surface area contributed by atoms with Crippen LogP contribution < -0.4 is 0 Å². The molecule has 192 valence electrons. The van der Waals surface area contributed by atoms with E-state index in [1.54, 1.807) is 0 Å². The smallest absolute Gasteiger partial charge is 0.309 e. The van der Waals surface area contributed by atoms with Crippen LogP contribution >= 0.6 is 0 Å². The lowest BCUT2D eigenvalue weighted by atomic mass is 9.44. The molecule has 6 fully saturated rings. The number of carbonyl (C=O) groups is 1. The molecule has 9 atom stereocenters. The van der Waals surface area contributed by atoms with Gasteiger partial charge in [0.15, 0.2) is 5.79 Å². The Morgan fingerprint density at radius 2 is 1.76 bits per heavy atom. The van der Waals surface area contributed by atoms with Crippen molar-refractivity contribution in [1.29, 1.82) is 0 Å². The minimum absolute atomic E-state index is 0.126. The average Bonchev–Trinajstić information content (AvgIpc) is 3.27. The summed E-state index contributed by atoms with van der Waals surface area (Å²) in [5, 5.41) is 0. The van der Waals surface area contributed by atoms with Crippen LogP contribution in [0.5, 0.6) is 0 Å². The lowest BCUT2D eigenvalue weighted by molar-refractivity contribution is -0.305. The Balaban J connectivity index is 1.20. The highest BCUT2D eigenvalue weighted by Gasteiger charge is 2.67. The SMILES string of the molecule is CC(C)CCC[C@H]1C(=O)O[C@H]2C[C@H]3[C@@H]4CC[C@H]5CC6(CC[C@]5(C)[C@H]4CC[C@]3(C)[C@H]21)OCCCO6. The van der Waals surface area contributed by atoms with Gasteiger partial charge in [0.2, 0.25) is 0 Å². The quantitative estimate of drug-likeness (QED) is 0.424. The van der Waals surface area contributed by atoms with Crippen LogP contribution in [-0.2, 0) is 19.0 Å². The van der Waals surface area contributed by atoms with E-state index in [0.29, 0.717) is 17.3 Å². The number of ether oxygens (including phenoxy) is 3. The van der Waals surface area contributed by atoms with Gasteiger partial charge in [0.25, 0.3) is 0 Å². The van der Waals surface area contributed by atoms with Gasteiger partial charge in [-0.3, -0.25) is 4.79 Å². The molecular weight excluding hydrogens is 424 g/mol. The summed E-state index contributed by atoms with van der Waals surface area (Å²) in [5.74, 6) is 4.26. The number of fused-ring (bicyclic) bond motifs is 7. The van der Waals surface area contributed by atoms with Crippen LogP contribution in [0.4, 0.5) is 0 Å². The fourth-order valence-corrected chi connectivity index (χ4v) is 10.4. The zero-order chi connectivity index (χ0) is 23.7. The third-order valence-corrected chi connectivity index (χ3v) is 12.1. The van der Waals surface area contributed by atoms with E-state index in [1.165, 1.54) is 44.9 Å². The van der Waals surface area contributed by atoms with Gasteiger partial charge < -0.3 is 14.2 Å². The lowest BCUT2D eigenvalue weighted by Crippen LogP contribution is -2.57. The number of rotatable bonds is 4. The molecule has 2 heterocycles. The molecule has 2 aliphatic heterocycles. The molecule has 0 amide bonds. The maximum Gasteiger partial charge on any atom is 0.309 e. The van der Waals surface area contributed by atoms with Gasteiger partial charge in [-0.1, -0.05) is 40.5 Å².